The molecule has 6 nitrogen and oxygen atoms in total. The number of nitrogen functional groups attached to an aromatic ring is 1. The van der Waals surface area contributed by atoms with Crippen LogP contribution in [0.2, 0.25) is 0 Å². The van der Waals surface area contributed by atoms with Crippen molar-refractivity contribution in [1.29, 1.82) is 0 Å². The highest BCUT2D eigenvalue weighted by Gasteiger charge is 2.20. The SMILES string of the molecule is CSc1ccc(-c2nc3c(c(N)nn3C)c(=O)n2-c2ccc(C)cc2C)cc1. The average molecular weight is 392 g/mol. The molecule has 0 bridgehead atoms. The molecule has 2 heterocycles. The van der Waals surface area contributed by atoms with Crippen molar-refractivity contribution in [2.75, 3.05) is 12.0 Å². The van der Waals surface area contributed by atoms with E-state index in [1.165, 1.54) is 0 Å². The largest absolute Gasteiger partial charge is 0.381 e. The molecule has 142 valence electrons. The van der Waals surface area contributed by atoms with E-state index in [0.717, 1.165) is 27.3 Å². The summed E-state index contributed by atoms with van der Waals surface area (Å²) in [6.07, 6.45) is 2.03. The van der Waals surface area contributed by atoms with Gasteiger partial charge in [0.25, 0.3) is 5.56 Å². The molecule has 0 aliphatic rings. The summed E-state index contributed by atoms with van der Waals surface area (Å²) >= 11 is 1.67. The van der Waals surface area contributed by atoms with Crippen molar-refractivity contribution in [3.05, 3.63) is 63.9 Å². The maximum absolute atomic E-state index is 13.5. The van der Waals surface area contributed by atoms with Gasteiger partial charge in [-0.3, -0.25) is 9.36 Å². The van der Waals surface area contributed by atoms with Gasteiger partial charge in [0.15, 0.2) is 11.5 Å². The Hall–Kier alpha value is -3.06. The number of fused-ring (bicyclic) bond motifs is 1. The smallest absolute Gasteiger partial charge is 0.271 e. The average Bonchev–Trinajstić information content (AvgIpc) is 2.96. The lowest BCUT2D eigenvalue weighted by atomic mass is 10.1. The third-order valence-corrected chi connectivity index (χ3v) is 5.57. The normalized spacial score (nSPS) is 11.3. The highest BCUT2D eigenvalue weighted by Crippen LogP contribution is 2.27. The third-order valence-electron chi connectivity index (χ3n) is 4.83. The summed E-state index contributed by atoms with van der Waals surface area (Å²) in [6, 6.07) is 14.0. The summed E-state index contributed by atoms with van der Waals surface area (Å²) in [5, 5.41) is 4.54. The monoisotopic (exact) mass is 391 g/mol. The van der Waals surface area contributed by atoms with E-state index in [4.69, 9.17) is 10.7 Å². The maximum Gasteiger partial charge on any atom is 0.271 e. The van der Waals surface area contributed by atoms with Gasteiger partial charge in [-0.05, 0) is 43.9 Å². The van der Waals surface area contributed by atoms with E-state index in [9.17, 15) is 4.79 Å². The standard InChI is InChI=1S/C21H21N5OS/c1-12-5-10-16(13(2)11-12)26-19(14-6-8-15(28-4)9-7-14)23-20-17(21(26)27)18(22)24-25(20)3/h5-11H,1-4H3,(H2,22,24). The quantitative estimate of drug-likeness (QED) is 0.539. The topological polar surface area (TPSA) is 78.7 Å². The number of nitrogens with two attached hydrogens (primary N) is 1. The molecule has 0 unspecified atom stereocenters. The molecule has 0 amide bonds. The number of hydrogen-bond donors (Lipinski definition) is 1. The first-order valence-electron chi connectivity index (χ1n) is 8.88. The first-order valence-corrected chi connectivity index (χ1v) is 10.1. The Morgan fingerprint density at radius 1 is 1.07 bits per heavy atom. The molecule has 7 heteroatoms. The Kier molecular flexibility index (Phi) is 4.47. The minimum absolute atomic E-state index is 0.192. The summed E-state index contributed by atoms with van der Waals surface area (Å²) < 4.78 is 3.20. The maximum atomic E-state index is 13.5. The lowest BCUT2D eigenvalue weighted by molar-refractivity contribution is 0.788. The van der Waals surface area contributed by atoms with E-state index in [2.05, 4.69) is 11.2 Å². The molecule has 28 heavy (non-hydrogen) atoms. The molecule has 2 N–H and O–H groups in total. The Morgan fingerprint density at radius 3 is 2.43 bits per heavy atom. The van der Waals surface area contributed by atoms with Gasteiger partial charge in [-0.25, -0.2) is 9.67 Å². The lowest BCUT2D eigenvalue weighted by Gasteiger charge is -2.15. The fourth-order valence-corrected chi connectivity index (χ4v) is 3.85. The number of rotatable bonds is 3. The van der Waals surface area contributed by atoms with Crippen molar-refractivity contribution in [3.63, 3.8) is 0 Å². The lowest BCUT2D eigenvalue weighted by Crippen LogP contribution is -2.23. The molecule has 0 saturated carbocycles. The number of benzene rings is 2. The van der Waals surface area contributed by atoms with Crippen LogP contribution >= 0.6 is 11.8 Å². The van der Waals surface area contributed by atoms with Crippen molar-refractivity contribution in [3.8, 4) is 17.1 Å². The van der Waals surface area contributed by atoms with E-state index in [-0.39, 0.29) is 11.4 Å². The zero-order chi connectivity index (χ0) is 20.0. The van der Waals surface area contributed by atoms with Gasteiger partial charge in [0, 0.05) is 17.5 Å². The molecule has 0 radical (unpaired) electrons. The Balaban J connectivity index is 2.12. The van der Waals surface area contributed by atoms with Crippen molar-refractivity contribution in [2.24, 2.45) is 7.05 Å². The van der Waals surface area contributed by atoms with Crippen LogP contribution in [0.5, 0.6) is 0 Å². The van der Waals surface area contributed by atoms with Gasteiger partial charge < -0.3 is 5.73 Å². The van der Waals surface area contributed by atoms with Crippen molar-refractivity contribution >= 4 is 28.6 Å². The number of hydrogen-bond acceptors (Lipinski definition) is 5. The van der Waals surface area contributed by atoms with E-state index >= 15 is 0 Å². The van der Waals surface area contributed by atoms with Gasteiger partial charge in [0.05, 0.1) is 5.69 Å². The summed E-state index contributed by atoms with van der Waals surface area (Å²) in [5.74, 6) is 0.762. The first kappa shape index (κ1) is 18.3. The first-order chi connectivity index (χ1) is 13.4. The van der Waals surface area contributed by atoms with Crippen LogP contribution in [0.4, 0.5) is 5.82 Å². The van der Waals surface area contributed by atoms with Gasteiger partial charge in [0.1, 0.15) is 11.2 Å². The van der Waals surface area contributed by atoms with Crippen LogP contribution in [0.3, 0.4) is 0 Å². The third kappa shape index (κ3) is 2.88. The predicted octanol–water partition coefficient (Wildman–Crippen LogP) is 3.71. The molecule has 0 aliphatic heterocycles. The van der Waals surface area contributed by atoms with Gasteiger partial charge in [0.2, 0.25) is 0 Å². The predicted molar refractivity (Wildman–Crippen MR) is 115 cm³/mol. The fraction of sp³-hybridized carbons (Fsp3) is 0.190. The molecular weight excluding hydrogens is 370 g/mol. The number of nitrogens with zero attached hydrogens (tertiary/aromatic N) is 4. The van der Waals surface area contributed by atoms with E-state index in [1.54, 1.807) is 28.1 Å². The molecule has 0 atom stereocenters. The Morgan fingerprint density at radius 2 is 1.79 bits per heavy atom. The van der Waals surface area contributed by atoms with Gasteiger partial charge in [-0.15, -0.1) is 11.8 Å². The van der Waals surface area contributed by atoms with Crippen LogP contribution in [0.25, 0.3) is 28.1 Å². The number of thioether (sulfide) groups is 1. The van der Waals surface area contributed by atoms with Crippen LogP contribution in [-0.4, -0.2) is 25.6 Å². The zero-order valence-electron chi connectivity index (χ0n) is 16.2. The van der Waals surface area contributed by atoms with Crippen molar-refractivity contribution in [1.82, 2.24) is 19.3 Å². The molecule has 0 fully saturated rings. The minimum atomic E-state index is -0.216. The highest BCUT2D eigenvalue weighted by molar-refractivity contribution is 7.98. The molecule has 0 saturated heterocycles. The van der Waals surface area contributed by atoms with Gasteiger partial charge >= 0.3 is 0 Å². The minimum Gasteiger partial charge on any atom is -0.381 e. The Labute approximate surface area is 167 Å². The summed E-state index contributed by atoms with van der Waals surface area (Å²) in [6.45, 7) is 4.02. The fourth-order valence-electron chi connectivity index (χ4n) is 3.44. The summed E-state index contributed by atoms with van der Waals surface area (Å²) in [7, 11) is 1.74. The van der Waals surface area contributed by atoms with Crippen LogP contribution in [0, 0.1) is 13.8 Å². The van der Waals surface area contributed by atoms with Crippen molar-refractivity contribution in [2.45, 2.75) is 18.7 Å². The van der Waals surface area contributed by atoms with Crippen molar-refractivity contribution < 1.29 is 0 Å². The van der Waals surface area contributed by atoms with Crippen LogP contribution in [0.15, 0.2) is 52.2 Å². The molecule has 4 aromatic rings. The molecule has 2 aromatic carbocycles. The molecule has 0 aliphatic carbocycles. The van der Waals surface area contributed by atoms with E-state index in [0.29, 0.717) is 16.9 Å². The zero-order valence-corrected chi connectivity index (χ0v) is 17.0. The van der Waals surface area contributed by atoms with Crippen LogP contribution in [-0.2, 0) is 7.05 Å². The number of aromatic nitrogens is 4. The Bertz CT molecular complexity index is 1250. The molecule has 0 spiro atoms. The van der Waals surface area contributed by atoms with Gasteiger partial charge in [-0.1, -0.05) is 29.8 Å². The molecule has 4 rings (SSSR count). The second-order valence-electron chi connectivity index (χ2n) is 6.80. The van der Waals surface area contributed by atoms with E-state index in [1.807, 2.05) is 56.5 Å². The summed E-state index contributed by atoms with van der Waals surface area (Å²) in [5.41, 5.74) is 10.1. The molecular formula is C21H21N5OS. The highest BCUT2D eigenvalue weighted by atomic mass is 32.2. The van der Waals surface area contributed by atoms with Crippen LogP contribution < -0.4 is 11.3 Å². The molecule has 2 aromatic heterocycles. The number of anilines is 1. The number of aryl methyl sites for hydroxylation is 3. The van der Waals surface area contributed by atoms with Gasteiger partial charge in [-0.2, -0.15) is 5.10 Å². The second-order valence-corrected chi connectivity index (χ2v) is 7.68. The van der Waals surface area contributed by atoms with E-state index < -0.39 is 0 Å². The second kappa shape index (κ2) is 6.83. The summed E-state index contributed by atoms with van der Waals surface area (Å²) in [4.78, 5) is 19.4. The van der Waals surface area contributed by atoms with Crippen LogP contribution in [0.1, 0.15) is 11.1 Å².